The predicted octanol–water partition coefficient (Wildman–Crippen LogP) is 3.46. The summed E-state index contributed by atoms with van der Waals surface area (Å²) in [7, 11) is -3.61. The number of carbonyl (C=O) groups excluding carboxylic acids is 1. The molecule has 1 aromatic carbocycles. The van der Waals surface area contributed by atoms with E-state index in [-0.39, 0.29) is 10.8 Å². The molecule has 5 rings (SSSR count). The van der Waals surface area contributed by atoms with Crippen molar-refractivity contribution in [2.24, 2.45) is 17.8 Å². The predicted molar refractivity (Wildman–Crippen MR) is 124 cm³/mol. The molecule has 4 aliphatic rings. The summed E-state index contributed by atoms with van der Waals surface area (Å²) in [5.74, 6) is 2.00. The molecule has 1 N–H and O–H groups in total. The lowest BCUT2D eigenvalue weighted by Crippen LogP contribution is -2.40. The number of morpholine rings is 1. The molecule has 2 aliphatic carbocycles. The van der Waals surface area contributed by atoms with Gasteiger partial charge in [0.25, 0.3) is 0 Å². The van der Waals surface area contributed by atoms with Crippen LogP contribution in [-0.2, 0) is 19.6 Å². The molecule has 1 amide bonds. The van der Waals surface area contributed by atoms with Crippen LogP contribution < -0.4 is 10.2 Å². The fraction of sp³-hybridized carbons (Fsp3) is 0.708. The van der Waals surface area contributed by atoms with Crippen molar-refractivity contribution in [3.05, 3.63) is 18.2 Å². The summed E-state index contributed by atoms with van der Waals surface area (Å²) >= 11 is 0. The Balaban J connectivity index is 1.38. The van der Waals surface area contributed by atoms with Gasteiger partial charge in [-0.3, -0.25) is 4.79 Å². The van der Waals surface area contributed by atoms with E-state index >= 15 is 0 Å². The van der Waals surface area contributed by atoms with Gasteiger partial charge in [-0.1, -0.05) is 6.42 Å². The largest absolute Gasteiger partial charge is 0.379 e. The van der Waals surface area contributed by atoms with Crippen molar-refractivity contribution in [1.82, 2.24) is 4.31 Å². The fourth-order valence-corrected chi connectivity index (χ4v) is 7.62. The van der Waals surface area contributed by atoms with E-state index < -0.39 is 10.0 Å². The summed E-state index contributed by atoms with van der Waals surface area (Å²) in [6, 6.07) is 5.25. The van der Waals surface area contributed by atoms with Crippen LogP contribution in [0, 0.1) is 17.8 Å². The molecule has 32 heavy (non-hydrogen) atoms. The van der Waals surface area contributed by atoms with Gasteiger partial charge in [-0.15, -0.1) is 0 Å². The molecule has 0 radical (unpaired) electrons. The van der Waals surface area contributed by atoms with E-state index in [0.29, 0.717) is 50.2 Å². The lowest BCUT2D eigenvalue weighted by molar-refractivity contribution is -0.117. The minimum atomic E-state index is -3.61. The first-order valence-corrected chi connectivity index (χ1v) is 13.7. The molecule has 2 bridgehead atoms. The number of anilines is 2. The van der Waals surface area contributed by atoms with Gasteiger partial charge in [-0.2, -0.15) is 4.31 Å². The van der Waals surface area contributed by atoms with Gasteiger partial charge in [0.15, 0.2) is 0 Å². The standard InChI is InChI=1S/C24H35N3O4S/c28-24(16-20-15-18-4-5-19(20)14-18)25-22-17-21(32(29,30)27-10-12-31-13-11-27)6-7-23(22)26-8-2-1-3-9-26/h6-7,17-20H,1-5,8-16H2,(H,25,28). The van der Waals surface area contributed by atoms with Crippen molar-refractivity contribution in [2.45, 2.75) is 56.3 Å². The van der Waals surface area contributed by atoms with Gasteiger partial charge in [0.1, 0.15) is 0 Å². The van der Waals surface area contributed by atoms with Gasteiger partial charge in [0.2, 0.25) is 15.9 Å². The van der Waals surface area contributed by atoms with Gasteiger partial charge in [-0.25, -0.2) is 8.42 Å². The molecule has 8 heteroatoms. The van der Waals surface area contributed by atoms with Crippen LogP contribution in [-0.4, -0.2) is 58.0 Å². The second kappa shape index (κ2) is 9.31. The number of hydrogen-bond donors (Lipinski definition) is 1. The summed E-state index contributed by atoms with van der Waals surface area (Å²) in [5.41, 5.74) is 1.57. The zero-order chi connectivity index (χ0) is 22.1. The highest BCUT2D eigenvalue weighted by Crippen LogP contribution is 2.49. The molecule has 7 nitrogen and oxygen atoms in total. The minimum Gasteiger partial charge on any atom is -0.379 e. The van der Waals surface area contributed by atoms with Gasteiger partial charge >= 0.3 is 0 Å². The molecule has 2 heterocycles. The van der Waals surface area contributed by atoms with Crippen molar-refractivity contribution in [1.29, 1.82) is 0 Å². The zero-order valence-electron chi connectivity index (χ0n) is 18.8. The van der Waals surface area contributed by atoms with E-state index in [0.717, 1.165) is 37.5 Å². The van der Waals surface area contributed by atoms with E-state index in [1.807, 2.05) is 6.07 Å². The molecule has 0 spiro atoms. The minimum absolute atomic E-state index is 0.0155. The molecular weight excluding hydrogens is 426 g/mol. The second-order valence-electron chi connectivity index (χ2n) is 9.93. The number of rotatable bonds is 6. The van der Waals surface area contributed by atoms with Gasteiger partial charge in [0, 0.05) is 32.6 Å². The molecule has 0 aromatic heterocycles. The second-order valence-corrected chi connectivity index (χ2v) is 11.9. The third kappa shape index (κ3) is 4.54. The smallest absolute Gasteiger partial charge is 0.243 e. The van der Waals surface area contributed by atoms with Gasteiger partial charge in [-0.05, 0) is 74.5 Å². The van der Waals surface area contributed by atoms with Crippen molar-refractivity contribution >= 4 is 27.3 Å². The van der Waals surface area contributed by atoms with E-state index in [4.69, 9.17) is 4.74 Å². The summed E-state index contributed by atoms with van der Waals surface area (Å²) in [6.07, 6.45) is 9.02. The lowest BCUT2D eigenvalue weighted by atomic mass is 9.86. The normalized spacial score (nSPS) is 28.8. The number of piperidine rings is 1. The maximum absolute atomic E-state index is 13.2. The molecular formula is C24H35N3O4S. The molecule has 2 saturated heterocycles. The van der Waals surface area contributed by atoms with Crippen molar-refractivity contribution < 1.29 is 17.9 Å². The first kappa shape index (κ1) is 22.2. The van der Waals surface area contributed by atoms with Crippen LogP contribution in [0.25, 0.3) is 0 Å². The molecule has 176 valence electrons. The molecule has 3 atom stereocenters. The number of hydrogen-bond acceptors (Lipinski definition) is 5. The van der Waals surface area contributed by atoms with Crippen molar-refractivity contribution in [3.8, 4) is 0 Å². The Morgan fingerprint density at radius 3 is 2.50 bits per heavy atom. The van der Waals surface area contributed by atoms with Crippen LogP contribution in [0.15, 0.2) is 23.1 Å². The Kier molecular flexibility index (Phi) is 6.45. The first-order chi connectivity index (χ1) is 15.5. The average Bonchev–Trinajstić information content (AvgIpc) is 3.43. The van der Waals surface area contributed by atoms with Crippen LogP contribution in [0.4, 0.5) is 11.4 Å². The van der Waals surface area contributed by atoms with Crippen LogP contribution in [0.3, 0.4) is 0 Å². The quantitative estimate of drug-likeness (QED) is 0.702. The topological polar surface area (TPSA) is 79.0 Å². The highest BCUT2D eigenvalue weighted by Gasteiger charge is 2.40. The summed E-state index contributed by atoms with van der Waals surface area (Å²) < 4.78 is 33.2. The van der Waals surface area contributed by atoms with Crippen molar-refractivity contribution in [3.63, 3.8) is 0 Å². The Labute approximate surface area is 191 Å². The van der Waals surface area contributed by atoms with Gasteiger partial charge < -0.3 is 15.0 Å². The maximum atomic E-state index is 13.2. The number of amides is 1. The number of carbonyl (C=O) groups is 1. The molecule has 1 aromatic rings. The monoisotopic (exact) mass is 461 g/mol. The molecule has 2 saturated carbocycles. The van der Waals surface area contributed by atoms with Crippen molar-refractivity contribution in [2.75, 3.05) is 49.6 Å². The number of benzene rings is 1. The van der Waals surface area contributed by atoms with Crippen LogP contribution >= 0.6 is 0 Å². The van der Waals surface area contributed by atoms with E-state index in [9.17, 15) is 13.2 Å². The summed E-state index contributed by atoms with van der Waals surface area (Å²) in [5, 5.41) is 3.12. The summed E-state index contributed by atoms with van der Waals surface area (Å²) in [6.45, 7) is 3.43. The maximum Gasteiger partial charge on any atom is 0.243 e. The Bertz CT molecular complexity index is 939. The van der Waals surface area contributed by atoms with E-state index in [1.54, 1.807) is 12.1 Å². The Morgan fingerprint density at radius 2 is 1.81 bits per heavy atom. The highest BCUT2D eigenvalue weighted by atomic mass is 32.2. The van der Waals surface area contributed by atoms with Crippen LogP contribution in [0.2, 0.25) is 0 Å². The lowest BCUT2D eigenvalue weighted by Gasteiger charge is -2.31. The molecule has 4 fully saturated rings. The number of nitrogens with zero attached hydrogens (tertiary/aromatic N) is 2. The van der Waals surface area contributed by atoms with Crippen LogP contribution in [0.1, 0.15) is 51.4 Å². The van der Waals surface area contributed by atoms with E-state index in [2.05, 4.69) is 10.2 Å². The summed E-state index contributed by atoms with van der Waals surface area (Å²) in [4.78, 5) is 15.6. The number of nitrogens with one attached hydrogen (secondary N) is 1. The fourth-order valence-electron chi connectivity index (χ4n) is 6.19. The molecule has 3 unspecified atom stereocenters. The average molecular weight is 462 g/mol. The van der Waals surface area contributed by atoms with Crippen LogP contribution in [0.5, 0.6) is 0 Å². The molecule has 2 aliphatic heterocycles. The Hall–Kier alpha value is -1.64. The number of ether oxygens (including phenoxy) is 1. The third-order valence-corrected chi connectivity index (χ3v) is 9.77. The van der Waals surface area contributed by atoms with Gasteiger partial charge in [0.05, 0.1) is 29.5 Å². The van der Waals surface area contributed by atoms with E-state index in [1.165, 1.54) is 36.4 Å². The highest BCUT2D eigenvalue weighted by molar-refractivity contribution is 7.89. The Morgan fingerprint density at radius 1 is 1.03 bits per heavy atom. The first-order valence-electron chi connectivity index (χ1n) is 12.3. The number of fused-ring (bicyclic) bond motifs is 2. The number of sulfonamides is 1. The third-order valence-electron chi connectivity index (χ3n) is 7.88. The zero-order valence-corrected chi connectivity index (χ0v) is 19.6. The SMILES string of the molecule is O=C(CC1CC2CCC1C2)Nc1cc(S(=O)(=O)N2CCOCC2)ccc1N1CCCCC1.